The van der Waals surface area contributed by atoms with Crippen molar-refractivity contribution in [1.82, 2.24) is 0 Å². The quantitative estimate of drug-likeness (QED) is 0.697. The van der Waals surface area contributed by atoms with E-state index in [1.807, 2.05) is 13.8 Å². The number of nitrogens with two attached hydrogens (primary N) is 1. The van der Waals surface area contributed by atoms with Crippen molar-refractivity contribution in [1.29, 1.82) is 0 Å². The molecule has 0 saturated heterocycles. The van der Waals surface area contributed by atoms with Crippen LogP contribution in [0.25, 0.3) is 0 Å². The fourth-order valence-corrected chi connectivity index (χ4v) is 2.00. The van der Waals surface area contributed by atoms with E-state index in [1.54, 1.807) is 0 Å². The molecule has 0 radical (unpaired) electrons. The van der Waals surface area contributed by atoms with Gasteiger partial charge in [0.15, 0.2) is 0 Å². The average Bonchev–Trinajstić information content (AvgIpc) is 2.55. The summed E-state index contributed by atoms with van der Waals surface area (Å²) in [6.07, 6.45) is 3.82. The molecule has 0 aromatic rings. The third-order valence-electron chi connectivity index (χ3n) is 3.09. The molecule has 2 N–H and O–H groups in total. The van der Waals surface area contributed by atoms with E-state index in [0.29, 0.717) is 6.54 Å². The number of hydrogen-bond acceptors (Lipinski definition) is 1. The van der Waals surface area contributed by atoms with Gasteiger partial charge in [0.1, 0.15) is 6.17 Å². The van der Waals surface area contributed by atoms with Crippen LogP contribution < -0.4 is 5.73 Å². The summed E-state index contributed by atoms with van der Waals surface area (Å²) in [5.74, 6) is 0.281. The highest BCUT2D eigenvalue weighted by molar-refractivity contribution is 4.86. The van der Waals surface area contributed by atoms with Gasteiger partial charge in [-0.3, -0.25) is 0 Å². The lowest BCUT2D eigenvalue weighted by Gasteiger charge is -2.31. The largest absolute Gasteiger partial charge is 0.330 e. The summed E-state index contributed by atoms with van der Waals surface area (Å²) < 4.78 is 13.8. The highest BCUT2D eigenvalue weighted by atomic mass is 19.1. The van der Waals surface area contributed by atoms with Crippen LogP contribution in [0.1, 0.15) is 39.5 Å². The Morgan fingerprint density at radius 3 is 2.33 bits per heavy atom. The Hall–Kier alpha value is -0.110. The van der Waals surface area contributed by atoms with E-state index < -0.39 is 6.17 Å². The van der Waals surface area contributed by atoms with Crippen LogP contribution >= 0.6 is 0 Å². The molecule has 72 valence electrons. The van der Waals surface area contributed by atoms with Crippen molar-refractivity contribution in [3.8, 4) is 0 Å². The first-order valence-corrected chi connectivity index (χ1v) is 4.92. The number of alkyl halides is 1. The molecule has 1 atom stereocenters. The van der Waals surface area contributed by atoms with Crippen molar-refractivity contribution in [3.05, 3.63) is 0 Å². The van der Waals surface area contributed by atoms with Crippen LogP contribution in [0.5, 0.6) is 0 Å². The first kappa shape index (κ1) is 9.97. The molecular formula is C10H20FN. The molecule has 1 unspecified atom stereocenters. The first-order chi connectivity index (χ1) is 5.58. The van der Waals surface area contributed by atoms with Crippen molar-refractivity contribution in [2.75, 3.05) is 6.54 Å². The molecule has 0 amide bonds. The zero-order valence-electron chi connectivity index (χ0n) is 8.15. The van der Waals surface area contributed by atoms with Crippen LogP contribution in [-0.4, -0.2) is 12.7 Å². The minimum absolute atomic E-state index is 0.281. The Labute approximate surface area is 74.5 Å². The Balaban J connectivity index is 2.50. The van der Waals surface area contributed by atoms with Crippen molar-refractivity contribution >= 4 is 0 Å². The summed E-state index contributed by atoms with van der Waals surface area (Å²) in [6, 6.07) is 0. The summed E-state index contributed by atoms with van der Waals surface area (Å²) in [6.45, 7) is 4.30. The van der Waals surface area contributed by atoms with Gasteiger partial charge in [0.25, 0.3) is 0 Å². The van der Waals surface area contributed by atoms with E-state index in [2.05, 4.69) is 0 Å². The van der Waals surface area contributed by atoms with Crippen LogP contribution in [-0.2, 0) is 0 Å². The Bertz CT molecular complexity index is 139. The fourth-order valence-electron chi connectivity index (χ4n) is 2.00. The number of rotatable bonds is 3. The van der Waals surface area contributed by atoms with Gasteiger partial charge in [-0.05, 0) is 18.8 Å². The zero-order valence-corrected chi connectivity index (χ0v) is 8.15. The SMILES string of the molecule is CC(C)(CN)C(F)C1CCCC1. The maximum Gasteiger partial charge on any atom is 0.109 e. The predicted molar refractivity (Wildman–Crippen MR) is 49.7 cm³/mol. The molecule has 0 heterocycles. The highest BCUT2D eigenvalue weighted by Gasteiger charge is 2.35. The van der Waals surface area contributed by atoms with E-state index in [1.165, 1.54) is 12.8 Å². The Morgan fingerprint density at radius 1 is 1.42 bits per heavy atom. The van der Waals surface area contributed by atoms with E-state index in [0.717, 1.165) is 12.8 Å². The second-order valence-corrected chi connectivity index (χ2v) is 4.64. The molecule has 1 aliphatic rings. The van der Waals surface area contributed by atoms with Crippen LogP contribution in [0, 0.1) is 11.3 Å². The summed E-state index contributed by atoms with van der Waals surface area (Å²) in [5.41, 5.74) is 5.21. The highest BCUT2D eigenvalue weighted by Crippen LogP contribution is 2.37. The molecule has 0 bridgehead atoms. The molecule has 2 heteroatoms. The normalized spacial score (nSPS) is 23.0. The van der Waals surface area contributed by atoms with Crippen LogP contribution in [0.4, 0.5) is 4.39 Å². The topological polar surface area (TPSA) is 26.0 Å². The average molecular weight is 173 g/mol. The summed E-state index contributed by atoms with van der Waals surface area (Å²) >= 11 is 0. The molecular weight excluding hydrogens is 153 g/mol. The third kappa shape index (κ3) is 1.98. The lowest BCUT2D eigenvalue weighted by atomic mass is 9.80. The lowest BCUT2D eigenvalue weighted by Crippen LogP contribution is -2.37. The van der Waals surface area contributed by atoms with Crippen molar-refractivity contribution < 1.29 is 4.39 Å². The van der Waals surface area contributed by atoms with E-state index in [9.17, 15) is 4.39 Å². The first-order valence-electron chi connectivity index (χ1n) is 4.92. The molecule has 0 spiro atoms. The smallest absolute Gasteiger partial charge is 0.109 e. The van der Waals surface area contributed by atoms with Gasteiger partial charge in [-0.25, -0.2) is 4.39 Å². The molecule has 1 aliphatic carbocycles. The Kier molecular flexibility index (Phi) is 3.10. The van der Waals surface area contributed by atoms with Gasteiger partial charge in [0.05, 0.1) is 0 Å². The molecule has 0 aromatic carbocycles. The second kappa shape index (κ2) is 3.73. The van der Waals surface area contributed by atoms with E-state index in [4.69, 9.17) is 5.73 Å². The van der Waals surface area contributed by atoms with Crippen LogP contribution in [0.15, 0.2) is 0 Å². The maximum absolute atomic E-state index is 13.8. The van der Waals surface area contributed by atoms with Crippen molar-refractivity contribution in [3.63, 3.8) is 0 Å². The molecule has 1 fully saturated rings. The van der Waals surface area contributed by atoms with Gasteiger partial charge >= 0.3 is 0 Å². The standard InChI is InChI=1S/C10H20FN/c1-10(2,7-12)9(11)8-5-3-4-6-8/h8-9H,3-7,12H2,1-2H3. The fraction of sp³-hybridized carbons (Fsp3) is 1.00. The second-order valence-electron chi connectivity index (χ2n) is 4.64. The molecule has 1 rings (SSSR count). The van der Waals surface area contributed by atoms with E-state index >= 15 is 0 Å². The van der Waals surface area contributed by atoms with Gasteiger partial charge in [0.2, 0.25) is 0 Å². The zero-order chi connectivity index (χ0) is 9.19. The maximum atomic E-state index is 13.8. The molecule has 1 nitrogen and oxygen atoms in total. The van der Waals surface area contributed by atoms with Crippen molar-refractivity contribution in [2.24, 2.45) is 17.1 Å². The molecule has 12 heavy (non-hydrogen) atoms. The van der Waals surface area contributed by atoms with Crippen LogP contribution in [0.3, 0.4) is 0 Å². The predicted octanol–water partition coefficient (Wildman–Crippen LogP) is 2.50. The van der Waals surface area contributed by atoms with Crippen LogP contribution in [0.2, 0.25) is 0 Å². The Morgan fingerprint density at radius 2 is 1.92 bits per heavy atom. The van der Waals surface area contributed by atoms with Gasteiger partial charge in [-0.15, -0.1) is 0 Å². The monoisotopic (exact) mass is 173 g/mol. The summed E-state index contributed by atoms with van der Waals surface area (Å²) in [7, 11) is 0. The van der Waals surface area contributed by atoms with E-state index in [-0.39, 0.29) is 11.3 Å². The molecule has 1 saturated carbocycles. The minimum atomic E-state index is -0.704. The summed E-state index contributed by atoms with van der Waals surface area (Å²) in [4.78, 5) is 0. The third-order valence-corrected chi connectivity index (χ3v) is 3.09. The summed E-state index contributed by atoms with van der Waals surface area (Å²) in [5, 5.41) is 0. The van der Waals surface area contributed by atoms with Gasteiger partial charge < -0.3 is 5.73 Å². The van der Waals surface area contributed by atoms with Crippen molar-refractivity contribution in [2.45, 2.75) is 45.7 Å². The molecule has 0 aromatic heterocycles. The van der Waals surface area contributed by atoms with Gasteiger partial charge in [-0.1, -0.05) is 26.7 Å². The minimum Gasteiger partial charge on any atom is -0.330 e. The van der Waals surface area contributed by atoms with Gasteiger partial charge in [0, 0.05) is 12.0 Å². The number of hydrogen-bond donors (Lipinski definition) is 1. The number of halogens is 1. The molecule has 0 aliphatic heterocycles. The lowest BCUT2D eigenvalue weighted by molar-refractivity contribution is 0.0914. The van der Waals surface area contributed by atoms with Gasteiger partial charge in [-0.2, -0.15) is 0 Å².